The van der Waals surface area contributed by atoms with Crippen LogP contribution in [0.25, 0.3) is 0 Å². The third kappa shape index (κ3) is 6.14. The first-order valence-electron chi connectivity index (χ1n) is 9.52. The van der Waals surface area contributed by atoms with Gasteiger partial charge in [0, 0.05) is 49.0 Å². The summed E-state index contributed by atoms with van der Waals surface area (Å²) in [6.45, 7) is 7.48. The van der Waals surface area contributed by atoms with Crippen molar-refractivity contribution >= 4 is 16.8 Å². The maximum absolute atomic E-state index is 12.2. The van der Waals surface area contributed by atoms with Crippen molar-refractivity contribution in [1.29, 1.82) is 0 Å². The second-order valence-corrected chi connectivity index (χ2v) is 8.40. The van der Waals surface area contributed by atoms with Crippen molar-refractivity contribution in [2.75, 3.05) is 32.4 Å². The molecule has 0 bridgehead atoms. The molecule has 0 amide bonds. The first kappa shape index (κ1) is 20.0. The number of rotatable bonds is 8. The number of nitrogens with one attached hydrogen (secondary N) is 1. The monoisotopic (exact) mass is 363 g/mol. The molecule has 0 radical (unpaired) electrons. The molecule has 0 aromatic heterocycles. The molecule has 1 aliphatic heterocycles. The summed E-state index contributed by atoms with van der Waals surface area (Å²) in [4.78, 5) is 6.79. The summed E-state index contributed by atoms with van der Waals surface area (Å²) >= 11 is 0. The highest BCUT2D eigenvalue weighted by Crippen LogP contribution is 2.28. The smallest absolute Gasteiger partial charge is 0.193 e. The molecule has 2 rings (SSSR count). The molecule has 0 spiro atoms. The number of likely N-dealkylation sites (tertiary alicyclic amines) is 1. The molecule has 1 fully saturated rings. The highest BCUT2D eigenvalue weighted by Gasteiger charge is 2.29. The minimum atomic E-state index is -0.844. The maximum Gasteiger partial charge on any atom is 0.193 e. The van der Waals surface area contributed by atoms with Crippen LogP contribution in [0.15, 0.2) is 35.3 Å². The topological polar surface area (TPSA) is 44.7 Å². The molecular weight excluding hydrogens is 330 g/mol. The molecule has 1 aromatic rings. The fourth-order valence-electron chi connectivity index (χ4n) is 3.76. The van der Waals surface area contributed by atoms with Gasteiger partial charge in [-0.3, -0.25) is 9.20 Å². The molecule has 140 valence electrons. The summed E-state index contributed by atoms with van der Waals surface area (Å²) in [7, 11) is 0.997. The van der Waals surface area contributed by atoms with E-state index in [4.69, 9.17) is 0 Å². The SMILES string of the molecule is CCC(CC)C1CCN(C(=NC)NCCS(=O)Cc2ccccc2)C1. The quantitative estimate of drug-likeness (QED) is 0.569. The normalized spacial score (nSPS) is 19.4. The van der Waals surface area contributed by atoms with Crippen molar-refractivity contribution in [3.05, 3.63) is 35.9 Å². The molecule has 2 atom stereocenters. The number of benzene rings is 1. The molecule has 1 heterocycles. The Morgan fingerprint density at radius 2 is 2.04 bits per heavy atom. The third-order valence-corrected chi connectivity index (χ3v) is 6.55. The van der Waals surface area contributed by atoms with Gasteiger partial charge in [-0.1, -0.05) is 57.0 Å². The molecule has 1 aromatic carbocycles. The summed E-state index contributed by atoms with van der Waals surface area (Å²) in [5.41, 5.74) is 1.14. The van der Waals surface area contributed by atoms with Gasteiger partial charge < -0.3 is 10.2 Å². The predicted molar refractivity (Wildman–Crippen MR) is 108 cm³/mol. The lowest BCUT2D eigenvalue weighted by atomic mass is 9.87. The molecule has 0 saturated carbocycles. The van der Waals surface area contributed by atoms with Crippen LogP contribution >= 0.6 is 0 Å². The van der Waals surface area contributed by atoms with E-state index in [0.29, 0.717) is 18.1 Å². The minimum absolute atomic E-state index is 0.627. The fourth-order valence-corrected chi connectivity index (χ4v) is 4.80. The highest BCUT2D eigenvalue weighted by atomic mass is 32.2. The number of hydrogen-bond donors (Lipinski definition) is 1. The maximum atomic E-state index is 12.2. The van der Waals surface area contributed by atoms with E-state index >= 15 is 0 Å². The van der Waals surface area contributed by atoms with Gasteiger partial charge in [-0.05, 0) is 23.8 Å². The minimum Gasteiger partial charge on any atom is -0.355 e. The van der Waals surface area contributed by atoms with Gasteiger partial charge >= 0.3 is 0 Å². The zero-order chi connectivity index (χ0) is 18.1. The Balaban J connectivity index is 1.74. The molecule has 1 aliphatic rings. The van der Waals surface area contributed by atoms with E-state index in [9.17, 15) is 4.21 Å². The van der Waals surface area contributed by atoms with Gasteiger partial charge in [0.1, 0.15) is 0 Å². The predicted octanol–water partition coefficient (Wildman–Crippen LogP) is 3.27. The molecule has 5 heteroatoms. The van der Waals surface area contributed by atoms with Gasteiger partial charge in [-0.25, -0.2) is 0 Å². The summed E-state index contributed by atoms with van der Waals surface area (Å²) < 4.78 is 12.2. The summed E-state index contributed by atoms with van der Waals surface area (Å²) in [5, 5.41) is 3.41. The zero-order valence-corrected chi connectivity index (χ0v) is 16.7. The van der Waals surface area contributed by atoms with Crippen LogP contribution in [0, 0.1) is 11.8 Å². The van der Waals surface area contributed by atoms with Crippen molar-refractivity contribution in [1.82, 2.24) is 10.2 Å². The van der Waals surface area contributed by atoms with E-state index in [2.05, 4.69) is 29.1 Å². The Morgan fingerprint density at radius 3 is 2.68 bits per heavy atom. The van der Waals surface area contributed by atoms with Gasteiger partial charge in [0.25, 0.3) is 0 Å². The van der Waals surface area contributed by atoms with Crippen molar-refractivity contribution in [2.45, 2.75) is 38.9 Å². The third-order valence-electron chi connectivity index (χ3n) is 5.23. The molecule has 4 nitrogen and oxygen atoms in total. The standard InChI is InChI=1S/C20H33N3OS/c1-4-18(5-2)19-11-13-23(15-19)20(21-3)22-12-14-25(24)16-17-9-7-6-8-10-17/h6-10,18-19H,4-5,11-16H2,1-3H3,(H,21,22). The molecule has 25 heavy (non-hydrogen) atoms. The van der Waals surface area contributed by atoms with E-state index < -0.39 is 10.8 Å². The first-order chi connectivity index (χ1) is 12.2. The largest absolute Gasteiger partial charge is 0.355 e. The molecule has 1 N–H and O–H groups in total. The highest BCUT2D eigenvalue weighted by molar-refractivity contribution is 7.84. The zero-order valence-electron chi connectivity index (χ0n) is 15.9. The molecule has 0 aliphatic carbocycles. The van der Waals surface area contributed by atoms with Crippen molar-refractivity contribution < 1.29 is 4.21 Å². The lowest BCUT2D eigenvalue weighted by molar-refractivity contribution is 0.319. The van der Waals surface area contributed by atoms with Crippen molar-refractivity contribution in [3.63, 3.8) is 0 Å². The Hall–Kier alpha value is -1.36. The van der Waals surface area contributed by atoms with E-state index in [1.807, 2.05) is 37.4 Å². The number of hydrogen-bond acceptors (Lipinski definition) is 2. The summed E-state index contributed by atoms with van der Waals surface area (Å²) in [6.07, 6.45) is 3.78. The van der Waals surface area contributed by atoms with Crippen LogP contribution in [-0.4, -0.2) is 47.5 Å². The van der Waals surface area contributed by atoms with Crippen LogP contribution in [0.3, 0.4) is 0 Å². The van der Waals surface area contributed by atoms with Crippen molar-refractivity contribution in [3.8, 4) is 0 Å². The lowest BCUT2D eigenvalue weighted by Gasteiger charge is -2.24. The van der Waals surface area contributed by atoms with Crippen molar-refractivity contribution in [2.24, 2.45) is 16.8 Å². The molecule has 1 saturated heterocycles. The van der Waals surface area contributed by atoms with E-state index in [0.717, 1.165) is 36.4 Å². The van der Waals surface area contributed by atoms with Crippen LogP contribution < -0.4 is 5.32 Å². The van der Waals surface area contributed by atoms with Gasteiger partial charge in [0.2, 0.25) is 0 Å². The number of aliphatic imine (C=N–C) groups is 1. The Bertz CT molecular complexity index is 557. The van der Waals surface area contributed by atoms with E-state index in [-0.39, 0.29) is 0 Å². The second-order valence-electron chi connectivity index (χ2n) is 6.82. The van der Waals surface area contributed by atoms with Crippen LogP contribution in [0.5, 0.6) is 0 Å². The molecule has 2 unspecified atom stereocenters. The van der Waals surface area contributed by atoms with Crippen LogP contribution in [0.2, 0.25) is 0 Å². The lowest BCUT2D eigenvalue weighted by Crippen LogP contribution is -2.41. The van der Waals surface area contributed by atoms with Crippen LogP contribution in [0.4, 0.5) is 0 Å². The number of guanidine groups is 1. The fraction of sp³-hybridized carbons (Fsp3) is 0.650. The van der Waals surface area contributed by atoms with Gasteiger partial charge in [0.05, 0.1) is 0 Å². The Morgan fingerprint density at radius 1 is 1.32 bits per heavy atom. The van der Waals surface area contributed by atoms with Gasteiger partial charge in [0.15, 0.2) is 5.96 Å². The van der Waals surface area contributed by atoms with Gasteiger partial charge in [-0.2, -0.15) is 0 Å². The Labute approximate surface area is 155 Å². The average molecular weight is 364 g/mol. The number of nitrogens with zero attached hydrogens (tertiary/aromatic N) is 2. The first-order valence-corrected chi connectivity index (χ1v) is 11.0. The molecular formula is C20H33N3OS. The van der Waals surface area contributed by atoms with Crippen LogP contribution in [0.1, 0.15) is 38.7 Å². The Kier molecular flexibility index (Phi) is 8.45. The van der Waals surface area contributed by atoms with E-state index in [1.165, 1.54) is 19.3 Å². The average Bonchev–Trinajstić information content (AvgIpc) is 3.10. The summed E-state index contributed by atoms with van der Waals surface area (Å²) in [6, 6.07) is 10.1. The van der Waals surface area contributed by atoms with Gasteiger partial charge in [-0.15, -0.1) is 0 Å². The second kappa shape index (κ2) is 10.6. The van der Waals surface area contributed by atoms with Crippen LogP contribution in [-0.2, 0) is 16.6 Å². The van der Waals surface area contributed by atoms with E-state index in [1.54, 1.807) is 0 Å². The summed E-state index contributed by atoms with van der Waals surface area (Å²) in [5.74, 6) is 3.84.